The van der Waals surface area contributed by atoms with Crippen molar-refractivity contribution in [1.29, 1.82) is 0 Å². The van der Waals surface area contributed by atoms with E-state index >= 15 is 0 Å². The summed E-state index contributed by atoms with van der Waals surface area (Å²) in [6.07, 6.45) is 0. The Hall–Kier alpha value is -9.50. The summed E-state index contributed by atoms with van der Waals surface area (Å²) in [4.78, 5) is 2.58. The Morgan fingerprint density at radius 3 is 1.69 bits per heavy atom. The molecule has 2 spiro atoms. The zero-order chi connectivity index (χ0) is 48.3. The fraction of sp³-hybridized carbons (Fsp3) is 0.0278. The molecule has 0 amide bonds. The standard InChI is InChI=1S/C72H44N2/c1-2-19-45(20-3-1)47-22-16-23-48(43-47)73(49-40-41-52-51-25-6-10-30-57(51)71(64(52)44-49)58-31-11-7-27-55(58)68-50-24-5-4-21-46(50)39-42-62(68)71)67-38-18-34-61-69(67)56-28-8-12-32-59(56)72(61)60-33-13-15-37-66(60)74-65-36-14-9-26-53(65)54-29-17-35-63(72)70(54)74/h1-44H. The third-order valence-electron chi connectivity index (χ3n) is 17.4. The molecule has 0 saturated carbocycles. The predicted octanol–water partition coefficient (Wildman–Crippen LogP) is 18.1. The van der Waals surface area contributed by atoms with Crippen LogP contribution < -0.4 is 4.90 Å². The first-order valence-electron chi connectivity index (χ1n) is 25.9. The number of benzene rings is 12. The van der Waals surface area contributed by atoms with Gasteiger partial charge in [0.05, 0.1) is 33.2 Å². The van der Waals surface area contributed by atoms with Crippen LogP contribution in [0, 0.1) is 0 Å². The molecule has 4 aliphatic rings. The van der Waals surface area contributed by atoms with E-state index < -0.39 is 10.8 Å². The van der Waals surface area contributed by atoms with Gasteiger partial charge in [0.15, 0.2) is 0 Å². The monoisotopic (exact) mass is 936 g/mol. The van der Waals surface area contributed by atoms with Gasteiger partial charge in [-0.05, 0) is 137 Å². The molecule has 0 saturated heterocycles. The largest absolute Gasteiger partial charge is 0.310 e. The number of fused-ring (bicyclic) bond motifs is 24. The number of anilines is 3. The number of hydrogen-bond donors (Lipinski definition) is 0. The van der Waals surface area contributed by atoms with Crippen LogP contribution in [0.3, 0.4) is 0 Å². The summed E-state index contributed by atoms with van der Waals surface area (Å²) < 4.78 is 2.53. The number of aromatic nitrogens is 1. The Morgan fingerprint density at radius 1 is 0.297 bits per heavy atom. The Morgan fingerprint density at radius 2 is 0.851 bits per heavy atom. The van der Waals surface area contributed by atoms with Gasteiger partial charge in [0.2, 0.25) is 0 Å². The molecule has 1 aromatic heterocycles. The SMILES string of the molecule is c1ccc(-c2cccc(N(c3ccc4c(c3)C3(c5ccccc5-4)c4ccccc4-c4c3ccc3ccccc43)c3cccc4c3-c3ccccc3C43c4ccccc4-n4c5ccccc5c5cccc3c54)c2)cc1. The van der Waals surface area contributed by atoms with E-state index in [0.717, 1.165) is 17.1 Å². The molecule has 1 aliphatic heterocycles. The highest BCUT2D eigenvalue weighted by atomic mass is 15.1. The van der Waals surface area contributed by atoms with E-state index in [4.69, 9.17) is 0 Å². The maximum absolute atomic E-state index is 2.58. The van der Waals surface area contributed by atoms with Crippen LogP contribution in [0.2, 0.25) is 0 Å². The van der Waals surface area contributed by atoms with Crippen molar-refractivity contribution < 1.29 is 0 Å². The third-order valence-corrected chi connectivity index (χ3v) is 17.4. The lowest BCUT2D eigenvalue weighted by Crippen LogP contribution is -2.33. The minimum atomic E-state index is -0.594. The van der Waals surface area contributed by atoms with Crippen LogP contribution in [-0.4, -0.2) is 4.57 Å². The molecule has 0 N–H and O–H groups in total. The van der Waals surface area contributed by atoms with Crippen LogP contribution in [0.25, 0.3) is 82.8 Å². The van der Waals surface area contributed by atoms with Gasteiger partial charge in [-0.2, -0.15) is 0 Å². The second-order valence-electron chi connectivity index (χ2n) is 20.6. The summed E-state index contributed by atoms with van der Waals surface area (Å²) in [7, 11) is 0. The average Bonchev–Trinajstić information content (AvgIpc) is 4.17. The van der Waals surface area contributed by atoms with E-state index in [1.54, 1.807) is 0 Å². The molecular weight excluding hydrogens is 893 g/mol. The van der Waals surface area contributed by atoms with Crippen molar-refractivity contribution in [3.63, 3.8) is 0 Å². The minimum absolute atomic E-state index is 0.534. The van der Waals surface area contributed by atoms with Gasteiger partial charge in [0.25, 0.3) is 0 Å². The fourth-order valence-electron chi connectivity index (χ4n) is 14.7. The highest BCUT2D eigenvalue weighted by Gasteiger charge is 2.54. The van der Waals surface area contributed by atoms with E-state index in [9.17, 15) is 0 Å². The van der Waals surface area contributed by atoms with E-state index in [-0.39, 0.29) is 0 Å². The molecule has 13 aromatic rings. The van der Waals surface area contributed by atoms with Gasteiger partial charge >= 0.3 is 0 Å². The van der Waals surface area contributed by atoms with Gasteiger partial charge in [-0.3, -0.25) is 0 Å². The number of para-hydroxylation sites is 3. The van der Waals surface area contributed by atoms with Gasteiger partial charge in [0, 0.05) is 27.7 Å². The predicted molar refractivity (Wildman–Crippen MR) is 306 cm³/mol. The molecule has 17 rings (SSSR count). The summed E-state index contributed by atoms with van der Waals surface area (Å²) >= 11 is 0. The van der Waals surface area contributed by atoms with E-state index in [2.05, 4.69) is 276 Å². The normalized spacial score (nSPS) is 16.8. The summed E-state index contributed by atoms with van der Waals surface area (Å²) in [5, 5.41) is 5.11. The molecule has 342 valence electrons. The lowest BCUT2D eigenvalue weighted by molar-refractivity contribution is 0.748. The summed E-state index contributed by atoms with van der Waals surface area (Å²) in [5.41, 5.74) is 26.6. The fourth-order valence-corrected chi connectivity index (χ4v) is 14.7. The van der Waals surface area contributed by atoms with Crippen molar-refractivity contribution in [1.82, 2.24) is 4.57 Å². The zero-order valence-corrected chi connectivity index (χ0v) is 40.3. The lowest BCUT2D eigenvalue weighted by Gasteiger charge is -2.39. The first-order chi connectivity index (χ1) is 36.7. The molecule has 2 heteroatoms. The lowest BCUT2D eigenvalue weighted by atomic mass is 9.65. The maximum Gasteiger partial charge on any atom is 0.0755 e. The van der Waals surface area contributed by atoms with E-state index in [1.807, 2.05) is 0 Å². The molecule has 2 unspecified atom stereocenters. The Kier molecular flexibility index (Phi) is 7.90. The molecule has 0 bridgehead atoms. The molecule has 2 nitrogen and oxygen atoms in total. The summed E-state index contributed by atoms with van der Waals surface area (Å²) in [6.45, 7) is 0. The smallest absolute Gasteiger partial charge is 0.0755 e. The first-order valence-corrected chi connectivity index (χ1v) is 25.9. The van der Waals surface area contributed by atoms with Crippen molar-refractivity contribution >= 4 is 49.6 Å². The maximum atomic E-state index is 2.58. The molecule has 2 atom stereocenters. The van der Waals surface area contributed by atoms with Crippen LogP contribution >= 0.6 is 0 Å². The number of nitrogens with zero attached hydrogens (tertiary/aromatic N) is 2. The van der Waals surface area contributed by atoms with Gasteiger partial charge in [0.1, 0.15) is 0 Å². The van der Waals surface area contributed by atoms with Gasteiger partial charge < -0.3 is 9.47 Å². The second kappa shape index (κ2) is 14.6. The van der Waals surface area contributed by atoms with Gasteiger partial charge in [-0.15, -0.1) is 0 Å². The number of hydrogen-bond acceptors (Lipinski definition) is 1. The highest BCUT2D eigenvalue weighted by Crippen LogP contribution is 2.66. The van der Waals surface area contributed by atoms with Crippen molar-refractivity contribution in [3.8, 4) is 50.2 Å². The topological polar surface area (TPSA) is 8.17 Å². The third kappa shape index (κ3) is 4.86. The molecular formula is C72H44N2. The highest BCUT2D eigenvalue weighted by molar-refractivity contribution is 6.13. The quantitative estimate of drug-likeness (QED) is 0.171. The molecule has 0 radical (unpaired) electrons. The average molecular weight is 937 g/mol. The van der Waals surface area contributed by atoms with Crippen molar-refractivity contribution in [2.24, 2.45) is 0 Å². The summed E-state index contributed by atoms with van der Waals surface area (Å²) in [5.74, 6) is 0. The number of rotatable bonds is 4. The van der Waals surface area contributed by atoms with Crippen LogP contribution in [0.4, 0.5) is 17.1 Å². The summed E-state index contributed by atoms with van der Waals surface area (Å²) in [6, 6.07) is 101. The molecule has 2 heterocycles. The molecule has 74 heavy (non-hydrogen) atoms. The Balaban J connectivity index is 0.975. The van der Waals surface area contributed by atoms with Crippen LogP contribution in [0.5, 0.6) is 0 Å². The second-order valence-corrected chi connectivity index (χ2v) is 20.6. The van der Waals surface area contributed by atoms with Crippen molar-refractivity contribution in [2.75, 3.05) is 4.90 Å². The Labute approximate surface area is 429 Å². The van der Waals surface area contributed by atoms with Crippen molar-refractivity contribution in [3.05, 3.63) is 311 Å². The van der Waals surface area contributed by atoms with Gasteiger partial charge in [-0.25, -0.2) is 0 Å². The van der Waals surface area contributed by atoms with Crippen LogP contribution in [0.1, 0.15) is 44.5 Å². The van der Waals surface area contributed by atoms with Crippen molar-refractivity contribution in [2.45, 2.75) is 10.8 Å². The van der Waals surface area contributed by atoms with E-state index in [0.29, 0.717) is 0 Å². The molecule has 0 fully saturated rings. The van der Waals surface area contributed by atoms with Gasteiger partial charge in [-0.1, -0.05) is 224 Å². The Bertz CT molecular complexity index is 4580. The van der Waals surface area contributed by atoms with Crippen LogP contribution in [0.15, 0.2) is 267 Å². The minimum Gasteiger partial charge on any atom is -0.310 e. The molecule has 3 aliphatic carbocycles. The van der Waals surface area contributed by atoms with Crippen LogP contribution in [-0.2, 0) is 10.8 Å². The first kappa shape index (κ1) is 40.1. The molecule has 12 aromatic carbocycles. The van der Waals surface area contributed by atoms with E-state index in [1.165, 1.54) is 127 Å². The zero-order valence-electron chi connectivity index (χ0n) is 40.3.